The largest absolute Gasteiger partial charge is 0.341 e. The van der Waals surface area contributed by atoms with Crippen LogP contribution < -0.4 is 4.90 Å². The van der Waals surface area contributed by atoms with Gasteiger partial charge in [-0.05, 0) is 70.0 Å². The summed E-state index contributed by atoms with van der Waals surface area (Å²) in [7, 11) is 0. The van der Waals surface area contributed by atoms with Crippen LogP contribution in [-0.2, 0) is 11.3 Å². The monoisotopic (exact) mass is 371 g/mol. The van der Waals surface area contributed by atoms with E-state index in [2.05, 4.69) is 25.8 Å². The Bertz CT molecular complexity index is 637. The van der Waals surface area contributed by atoms with Crippen molar-refractivity contribution in [1.29, 1.82) is 0 Å². The van der Waals surface area contributed by atoms with Crippen LogP contribution in [0, 0.1) is 5.92 Å². The number of carbonyl (C=O) groups excluding carboxylic acids is 1. The first-order chi connectivity index (χ1) is 13.2. The Kier molecular flexibility index (Phi) is 5.91. The standard InChI is InChI=1S/C21H33N5O/c1-17(27)26-13-3-2-6-20(26)18-8-14-24(15-9-18)16-19-7-10-22-21(23-19)25-11-4-5-12-25/h7,10,18,20H,2-6,8-9,11-16H2,1H3. The van der Waals surface area contributed by atoms with E-state index in [0.717, 1.165) is 50.9 Å². The van der Waals surface area contributed by atoms with E-state index in [9.17, 15) is 4.79 Å². The summed E-state index contributed by atoms with van der Waals surface area (Å²) in [6.45, 7) is 8.00. The normalized spacial score (nSPS) is 25.1. The molecule has 1 atom stereocenters. The van der Waals surface area contributed by atoms with Crippen molar-refractivity contribution in [2.45, 2.75) is 64.5 Å². The van der Waals surface area contributed by atoms with E-state index in [1.54, 1.807) is 6.92 Å². The molecule has 1 unspecified atom stereocenters. The maximum absolute atomic E-state index is 12.0. The Morgan fingerprint density at radius 3 is 2.52 bits per heavy atom. The molecule has 0 spiro atoms. The first kappa shape index (κ1) is 18.7. The van der Waals surface area contributed by atoms with Gasteiger partial charge in [0.15, 0.2) is 0 Å². The average molecular weight is 372 g/mol. The van der Waals surface area contributed by atoms with Crippen LogP contribution in [0.2, 0.25) is 0 Å². The highest BCUT2D eigenvalue weighted by molar-refractivity contribution is 5.73. The van der Waals surface area contributed by atoms with E-state index in [1.807, 2.05) is 6.20 Å². The fraction of sp³-hybridized carbons (Fsp3) is 0.762. The molecule has 0 aliphatic carbocycles. The highest BCUT2D eigenvalue weighted by atomic mass is 16.2. The van der Waals surface area contributed by atoms with Gasteiger partial charge in [-0.2, -0.15) is 0 Å². The first-order valence-electron chi connectivity index (χ1n) is 10.8. The molecule has 4 rings (SSSR count). The molecule has 0 aromatic carbocycles. The molecule has 0 bridgehead atoms. The summed E-state index contributed by atoms with van der Waals surface area (Å²) in [5.74, 6) is 1.83. The van der Waals surface area contributed by atoms with Gasteiger partial charge in [-0.1, -0.05) is 0 Å². The number of hydrogen-bond acceptors (Lipinski definition) is 5. The van der Waals surface area contributed by atoms with E-state index >= 15 is 0 Å². The molecule has 148 valence electrons. The van der Waals surface area contributed by atoms with Crippen LogP contribution in [0.1, 0.15) is 57.6 Å². The van der Waals surface area contributed by atoms with Gasteiger partial charge in [-0.25, -0.2) is 9.97 Å². The summed E-state index contributed by atoms with van der Waals surface area (Å²) in [6, 6.07) is 2.53. The first-order valence-corrected chi connectivity index (χ1v) is 10.8. The minimum atomic E-state index is 0.262. The molecule has 3 fully saturated rings. The molecule has 6 heteroatoms. The maximum atomic E-state index is 12.0. The van der Waals surface area contributed by atoms with Crippen LogP contribution in [-0.4, -0.2) is 64.4 Å². The van der Waals surface area contributed by atoms with E-state index in [-0.39, 0.29) is 5.91 Å². The van der Waals surface area contributed by atoms with Crippen LogP contribution >= 0.6 is 0 Å². The van der Waals surface area contributed by atoms with Crippen molar-refractivity contribution in [2.24, 2.45) is 5.92 Å². The SMILES string of the molecule is CC(=O)N1CCCCC1C1CCN(Cc2ccnc(N3CCCC3)n2)CC1. The predicted molar refractivity (Wildman–Crippen MR) is 107 cm³/mol. The van der Waals surface area contributed by atoms with Gasteiger partial charge in [-0.3, -0.25) is 9.69 Å². The number of rotatable bonds is 4. The van der Waals surface area contributed by atoms with Gasteiger partial charge >= 0.3 is 0 Å². The van der Waals surface area contributed by atoms with Crippen molar-refractivity contribution in [3.63, 3.8) is 0 Å². The number of aromatic nitrogens is 2. The second-order valence-electron chi connectivity index (χ2n) is 8.43. The van der Waals surface area contributed by atoms with Gasteiger partial charge in [0.2, 0.25) is 11.9 Å². The Labute approximate surface area is 162 Å². The highest BCUT2D eigenvalue weighted by Crippen LogP contribution is 2.31. The average Bonchev–Trinajstić information content (AvgIpc) is 3.24. The molecule has 27 heavy (non-hydrogen) atoms. The lowest BCUT2D eigenvalue weighted by Gasteiger charge is -2.43. The predicted octanol–water partition coefficient (Wildman–Crippen LogP) is 2.69. The number of amides is 1. The maximum Gasteiger partial charge on any atom is 0.225 e. The second-order valence-corrected chi connectivity index (χ2v) is 8.43. The fourth-order valence-electron chi connectivity index (χ4n) is 5.11. The second kappa shape index (κ2) is 8.55. The van der Waals surface area contributed by atoms with Crippen LogP contribution in [0.4, 0.5) is 5.95 Å². The topological polar surface area (TPSA) is 52.6 Å². The minimum Gasteiger partial charge on any atom is -0.341 e. The number of nitrogens with zero attached hydrogens (tertiary/aromatic N) is 5. The van der Waals surface area contributed by atoms with Gasteiger partial charge in [0, 0.05) is 45.3 Å². The number of carbonyl (C=O) groups is 1. The summed E-state index contributed by atoms with van der Waals surface area (Å²) in [5, 5.41) is 0. The zero-order chi connectivity index (χ0) is 18.6. The van der Waals surface area contributed by atoms with Crippen molar-refractivity contribution >= 4 is 11.9 Å². The van der Waals surface area contributed by atoms with E-state index in [4.69, 9.17) is 4.98 Å². The molecule has 1 amide bonds. The zero-order valence-corrected chi connectivity index (χ0v) is 16.6. The number of piperidine rings is 2. The van der Waals surface area contributed by atoms with Gasteiger partial charge in [0.1, 0.15) is 0 Å². The molecule has 0 saturated carbocycles. The molecule has 3 aliphatic rings. The fourth-order valence-corrected chi connectivity index (χ4v) is 5.11. The number of likely N-dealkylation sites (tertiary alicyclic amines) is 2. The van der Waals surface area contributed by atoms with Crippen molar-refractivity contribution in [3.8, 4) is 0 Å². The van der Waals surface area contributed by atoms with E-state index < -0.39 is 0 Å². The van der Waals surface area contributed by atoms with Crippen molar-refractivity contribution < 1.29 is 4.79 Å². The Morgan fingerprint density at radius 2 is 1.78 bits per heavy atom. The van der Waals surface area contributed by atoms with E-state index in [0.29, 0.717) is 12.0 Å². The third kappa shape index (κ3) is 4.42. The Balaban J connectivity index is 1.32. The molecule has 6 nitrogen and oxygen atoms in total. The van der Waals surface area contributed by atoms with Crippen molar-refractivity contribution in [2.75, 3.05) is 37.6 Å². The lowest BCUT2D eigenvalue weighted by Crippen LogP contribution is -2.49. The lowest BCUT2D eigenvalue weighted by molar-refractivity contribution is -0.134. The molecule has 0 N–H and O–H groups in total. The summed E-state index contributed by atoms with van der Waals surface area (Å²) in [4.78, 5) is 28.3. The van der Waals surface area contributed by atoms with Gasteiger partial charge < -0.3 is 9.80 Å². The zero-order valence-electron chi connectivity index (χ0n) is 16.6. The smallest absolute Gasteiger partial charge is 0.225 e. The van der Waals surface area contributed by atoms with Gasteiger partial charge in [0.25, 0.3) is 0 Å². The summed E-state index contributed by atoms with van der Waals surface area (Å²) >= 11 is 0. The Hall–Kier alpha value is -1.69. The summed E-state index contributed by atoms with van der Waals surface area (Å²) in [6.07, 6.45) is 10.4. The van der Waals surface area contributed by atoms with Crippen LogP contribution in [0.3, 0.4) is 0 Å². The molecule has 1 aromatic heterocycles. The lowest BCUT2D eigenvalue weighted by atomic mass is 9.83. The molecule has 1 aromatic rings. The third-order valence-electron chi connectivity index (χ3n) is 6.61. The summed E-state index contributed by atoms with van der Waals surface area (Å²) < 4.78 is 0. The van der Waals surface area contributed by atoms with E-state index in [1.165, 1.54) is 44.9 Å². The van der Waals surface area contributed by atoms with Crippen molar-refractivity contribution in [1.82, 2.24) is 19.8 Å². The molecule has 3 saturated heterocycles. The molecule has 0 radical (unpaired) electrons. The summed E-state index contributed by atoms with van der Waals surface area (Å²) in [5.41, 5.74) is 1.13. The number of anilines is 1. The molecule has 4 heterocycles. The van der Waals surface area contributed by atoms with Crippen LogP contribution in [0.15, 0.2) is 12.3 Å². The van der Waals surface area contributed by atoms with Gasteiger partial charge in [-0.15, -0.1) is 0 Å². The quantitative estimate of drug-likeness (QED) is 0.814. The van der Waals surface area contributed by atoms with Crippen molar-refractivity contribution in [3.05, 3.63) is 18.0 Å². The molecule has 3 aliphatic heterocycles. The third-order valence-corrected chi connectivity index (χ3v) is 6.61. The van der Waals surface area contributed by atoms with Crippen LogP contribution in [0.5, 0.6) is 0 Å². The van der Waals surface area contributed by atoms with Gasteiger partial charge in [0.05, 0.1) is 5.69 Å². The molecular formula is C21H33N5O. The molecular weight excluding hydrogens is 338 g/mol. The number of hydrogen-bond donors (Lipinski definition) is 0. The van der Waals surface area contributed by atoms with Crippen LogP contribution in [0.25, 0.3) is 0 Å². The highest BCUT2D eigenvalue weighted by Gasteiger charge is 2.33. The Morgan fingerprint density at radius 1 is 1.04 bits per heavy atom. The minimum absolute atomic E-state index is 0.262.